The zero-order valence-corrected chi connectivity index (χ0v) is 15.7. The number of rotatable bonds is 8. The number of benzene rings is 2. The molecule has 0 aliphatic carbocycles. The van der Waals surface area contributed by atoms with Crippen molar-refractivity contribution in [3.8, 4) is 17.6 Å². The average molecular weight is 386 g/mol. The number of carbonyl (C=O) groups is 2. The number of methoxy groups -OCH3 is 2. The summed E-state index contributed by atoms with van der Waals surface area (Å²) in [6.07, 6.45) is 0. The maximum Gasteiger partial charge on any atom is 0.340 e. The molecule has 2 rings (SSSR count). The molecule has 7 nitrogen and oxygen atoms in total. The highest BCUT2D eigenvalue weighted by molar-refractivity contribution is 8.00. The summed E-state index contributed by atoms with van der Waals surface area (Å²) in [5.41, 5.74) is 0.886. The van der Waals surface area contributed by atoms with Gasteiger partial charge in [0.2, 0.25) is 5.91 Å². The molecular weight excluding hydrogens is 368 g/mol. The normalized spacial score (nSPS) is 9.81. The number of nitrogens with zero attached hydrogens (tertiary/aromatic N) is 1. The molecule has 0 bridgehead atoms. The predicted molar refractivity (Wildman–Crippen MR) is 101 cm³/mol. The van der Waals surface area contributed by atoms with E-state index in [4.69, 9.17) is 19.5 Å². The van der Waals surface area contributed by atoms with E-state index in [-0.39, 0.29) is 18.3 Å². The lowest BCUT2D eigenvalue weighted by molar-refractivity contribution is -0.113. The van der Waals surface area contributed by atoms with Gasteiger partial charge in [0.1, 0.15) is 6.07 Å². The number of amides is 1. The van der Waals surface area contributed by atoms with Crippen molar-refractivity contribution in [2.24, 2.45) is 0 Å². The number of thioether (sulfide) groups is 1. The number of nitrogens with one attached hydrogen (secondary N) is 1. The molecule has 0 aromatic heterocycles. The van der Waals surface area contributed by atoms with Crippen molar-refractivity contribution in [1.82, 2.24) is 0 Å². The van der Waals surface area contributed by atoms with Gasteiger partial charge in [0.05, 0.1) is 25.5 Å². The molecule has 0 unspecified atom stereocenters. The molecule has 0 aliphatic rings. The van der Waals surface area contributed by atoms with Gasteiger partial charge in [-0.05, 0) is 24.3 Å². The fourth-order valence-electron chi connectivity index (χ4n) is 2.19. The Hall–Kier alpha value is -3.18. The molecule has 1 amide bonds. The lowest BCUT2D eigenvalue weighted by Gasteiger charge is -2.11. The molecule has 0 heterocycles. The third kappa shape index (κ3) is 5.66. The van der Waals surface area contributed by atoms with Crippen molar-refractivity contribution in [1.29, 1.82) is 5.26 Å². The first kappa shape index (κ1) is 20.1. The molecule has 0 spiro atoms. The third-order valence-electron chi connectivity index (χ3n) is 3.40. The second-order valence-corrected chi connectivity index (χ2v) is 6.15. The fraction of sp³-hybridized carbons (Fsp3) is 0.211. The van der Waals surface area contributed by atoms with E-state index in [2.05, 4.69) is 5.32 Å². The van der Waals surface area contributed by atoms with E-state index < -0.39 is 5.97 Å². The quantitative estimate of drug-likeness (QED) is 0.550. The van der Waals surface area contributed by atoms with Gasteiger partial charge in [-0.2, -0.15) is 5.26 Å². The first-order chi connectivity index (χ1) is 13.1. The predicted octanol–water partition coefficient (Wildman–Crippen LogP) is 3.11. The molecule has 0 aliphatic heterocycles. The lowest BCUT2D eigenvalue weighted by atomic mass is 10.2. The Morgan fingerprint density at radius 2 is 1.85 bits per heavy atom. The second kappa shape index (κ2) is 10.1. The smallest absolute Gasteiger partial charge is 0.340 e. The molecule has 27 heavy (non-hydrogen) atoms. The van der Waals surface area contributed by atoms with Gasteiger partial charge >= 0.3 is 5.97 Å². The molecule has 0 radical (unpaired) electrons. The highest BCUT2D eigenvalue weighted by atomic mass is 32.2. The van der Waals surface area contributed by atoms with Gasteiger partial charge in [0.25, 0.3) is 0 Å². The zero-order valence-electron chi connectivity index (χ0n) is 14.9. The van der Waals surface area contributed by atoms with Crippen LogP contribution in [0, 0.1) is 11.3 Å². The van der Waals surface area contributed by atoms with Crippen molar-refractivity contribution in [3.05, 3.63) is 48.0 Å². The summed E-state index contributed by atoms with van der Waals surface area (Å²) in [7, 11) is 3.05. The van der Waals surface area contributed by atoms with Crippen LogP contribution in [0.15, 0.2) is 47.4 Å². The first-order valence-electron chi connectivity index (χ1n) is 7.86. The average Bonchev–Trinajstić information content (AvgIpc) is 2.70. The number of nitriles is 1. The summed E-state index contributed by atoms with van der Waals surface area (Å²) in [6.45, 7) is -0.322. The second-order valence-electron chi connectivity index (χ2n) is 5.14. The van der Waals surface area contributed by atoms with Crippen LogP contribution in [0.3, 0.4) is 0 Å². The van der Waals surface area contributed by atoms with E-state index in [0.29, 0.717) is 27.6 Å². The van der Waals surface area contributed by atoms with E-state index in [1.54, 1.807) is 48.5 Å². The molecule has 2 aromatic rings. The topological polar surface area (TPSA) is 97.6 Å². The van der Waals surface area contributed by atoms with E-state index in [1.165, 1.54) is 26.0 Å². The van der Waals surface area contributed by atoms with Crippen molar-refractivity contribution < 1.29 is 23.8 Å². The van der Waals surface area contributed by atoms with Gasteiger partial charge < -0.3 is 19.5 Å². The molecule has 8 heteroatoms. The summed E-state index contributed by atoms with van der Waals surface area (Å²) in [6, 6.07) is 13.6. The van der Waals surface area contributed by atoms with Crippen LogP contribution in [-0.4, -0.2) is 38.5 Å². The molecule has 0 atom stereocenters. The van der Waals surface area contributed by atoms with Crippen LogP contribution in [0.4, 0.5) is 5.69 Å². The summed E-state index contributed by atoms with van der Waals surface area (Å²) in [5.74, 6) is 0.326. The third-order valence-corrected chi connectivity index (χ3v) is 4.47. The molecule has 140 valence electrons. The van der Waals surface area contributed by atoms with Crippen LogP contribution < -0.4 is 14.8 Å². The Morgan fingerprint density at radius 3 is 2.56 bits per heavy atom. The lowest BCUT2D eigenvalue weighted by Crippen LogP contribution is -2.14. The van der Waals surface area contributed by atoms with Gasteiger partial charge in [0, 0.05) is 16.6 Å². The summed E-state index contributed by atoms with van der Waals surface area (Å²) >= 11 is 1.20. The van der Waals surface area contributed by atoms with Gasteiger partial charge in [-0.25, -0.2) is 4.79 Å². The standard InChI is InChI=1S/C19H18N2O5S/c1-24-15-8-7-13(11-16(15)25-2)21-18(22)12-27-17-6-4-3-5-14(17)19(23)26-10-9-20/h3-8,11H,10,12H2,1-2H3,(H,21,22). The molecule has 0 fully saturated rings. The van der Waals surface area contributed by atoms with Crippen LogP contribution in [0.5, 0.6) is 11.5 Å². The Morgan fingerprint density at radius 1 is 1.11 bits per heavy atom. The van der Waals surface area contributed by atoms with Gasteiger partial charge in [0.15, 0.2) is 18.1 Å². The molecule has 1 N–H and O–H groups in total. The number of hydrogen-bond acceptors (Lipinski definition) is 7. The SMILES string of the molecule is COc1ccc(NC(=O)CSc2ccccc2C(=O)OCC#N)cc1OC. The van der Waals surface area contributed by atoms with E-state index in [9.17, 15) is 9.59 Å². The molecule has 0 saturated carbocycles. The maximum absolute atomic E-state index is 12.2. The molecule has 2 aromatic carbocycles. The zero-order chi connectivity index (χ0) is 19.6. The Labute approximate surface area is 161 Å². The Kier molecular flexibility index (Phi) is 7.52. The highest BCUT2D eigenvalue weighted by Gasteiger charge is 2.14. The van der Waals surface area contributed by atoms with Gasteiger partial charge in [-0.3, -0.25) is 4.79 Å². The Bertz CT molecular complexity index is 863. The number of ether oxygens (including phenoxy) is 3. The summed E-state index contributed by atoms with van der Waals surface area (Å²) in [5, 5.41) is 11.3. The van der Waals surface area contributed by atoms with Crippen LogP contribution in [-0.2, 0) is 9.53 Å². The van der Waals surface area contributed by atoms with Crippen LogP contribution >= 0.6 is 11.8 Å². The van der Waals surface area contributed by atoms with Crippen molar-refractivity contribution >= 4 is 29.3 Å². The molecule has 0 saturated heterocycles. The number of carbonyl (C=O) groups excluding carboxylic acids is 2. The van der Waals surface area contributed by atoms with E-state index >= 15 is 0 Å². The minimum absolute atomic E-state index is 0.0941. The number of hydrogen-bond donors (Lipinski definition) is 1. The van der Waals surface area contributed by atoms with E-state index in [1.807, 2.05) is 0 Å². The van der Waals surface area contributed by atoms with Gasteiger partial charge in [-0.15, -0.1) is 11.8 Å². The van der Waals surface area contributed by atoms with E-state index in [0.717, 1.165) is 0 Å². The largest absolute Gasteiger partial charge is 0.493 e. The van der Waals surface area contributed by atoms with Crippen molar-refractivity contribution in [2.75, 3.05) is 31.9 Å². The minimum Gasteiger partial charge on any atom is -0.493 e. The summed E-state index contributed by atoms with van der Waals surface area (Å²) < 4.78 is 15.2. The monoisotopic (exact) mass is 386 g/mol. The summed E-state index contributed by atoms with van der Waals surface area (Å²) in [4.78, 5) is 24.8. The first-order valence-corrected chi connectivity index (χ1v) is 8.85. The van der Waals surface area contributed by atoms with Crippen molar-refractivity contribution in [2.45, 2.75) is 4.90 Å². The van der Waals surface area contributed by atoms with Crippen LogP contribution in [0.25, 0.3) is 0 Å². The van der Waals surface area contributed by atoms with Gasteiger partial charge in [-0.1, -0.05) is 12.1 Å². The number of esters is 1. The highest BCUT2D eigenvalue weighted by Crippen LogP contribution is 2.30. The molecular formula is C19H18N2O5S. The fourth-order valence-corrected chi connectivity index (χ4v) is 3.03. The number of anilines is 1. The minimum atomic E-state index is -0.597. The Balaban J connectivity index is 2.00. The maximum atomic E-state index is 12.2. The van der Waals surface area contributed by atoms with Crippen LogP contribution in [0.1, 0.15) is 10.4 Å². The van der Waals surface area contributed by atoms with Crippen molar-refractivity contribution in [3.63, 3.8) is 0 Å². The van der Waals surface area contributed by atoms with Crippen LogP contribution in [0.2, 0.25) is 0 Å².